The van der Waals surface area contributed by atoms with Gasteiger partial charge in [-0.3, -0.25) is 9.59 Å². The van der Waals surface area contributed by atoms with Crippen LogP contribution in [-0.4, -0.2) is 52.2 Å². The van der Waals surface area contributed by atoms with Gasteiger partial charge in [-0.15, -0.1) is 0 Å². The second kappa shape index (κ2) is 7.98. The Morgan fingerprint density at radius 2 is 1.96 bits per heavy atom. The summed E-state index contributed by atoms with van der Waals surface area (Å²) >= 11 is 0. The van der Waals surface area contributed by atoms with E-state index in [1.807, 2.05) is 0 Å². The number of rotatable bonds is 6. The number of carbonyl (C=O) groups excluding carboxylic acids is 3. The molecule has 2 aromatic rings. The topological polar surface area (TPSA) is 129 Å². The van der Waals surface area contributed by atoms with Gasteiger partial charge < -0.3 is 15.4 Å². The van der Waals surface area contributed by atoms with E-state index in [1.54, 1.807) is 42.2 Å². The lowest BCUT2D eigenvalue weighted by molar-refractivity contribution is -0.130. The zero-order chi connectivity index (χ0) is 19.4. The lowest BCUT2D eigenvalue weighted by atomic mass is 10.0. The van der Waals surface area contributed by atoms with E-state index >= 15 is 0 Å². The van der Waals surface area contributed by atoms with Gasteiger partial charge in [0, 0.05) is 18.9 Å². The number of ether oxygens (including phenoxy) is 1. The van der Waals surface area contributed by atoms with Crippen molar-refractivity contribution in [2.24, 2.45) is 11.7 Å². The van der Waals surface area contributed by atoms with E-state index in [9.17, 15) is 14.4 Å². The summed E-state index contributed by atoms with van der Waals surface area (Å²) in [6.45, 7) is 2.17. The Morgan fingerprint density at radius 3 is 2.59 bits per heavy atom. The van der Waals surface area contributed by atoms with Crippen LogP contribution in [0.3, 0.4) is 0 Å². The lowest BCUT2D eigenvalue weighted by Gasteiger charge is -2.17. The fourth-order valence-corrected chi connectivity index (χ4v) is 3.08. The van der Waals surface area contributed by atoms with Gasteiger partial charge in [0.05, 0.1) is 18.5 Å². The van der Waals surface area contributed by atoms with Crippen LogP contribution in [0.25, 0.3) is 0 Å². The maximum absolute atomic E-state index is 12.6. The highest BCUT2D eigenvalue weighted by Crippen LogP contribution is 2.25. The molecule has 1 aromatic carbocycles. The van der Waals surface area contributed by atoms with Crippen molar-refractivity contribution in [1.82, 2.24) is 15.2 Å². The van der Waals surface area contributed by atoms with Gasteiger partial charge in [-0.05, 0) is 19.1 Å². The van der Waals surface area contributed by atoms with Crippen LogP contribution < -0.4 is 5.73 Å². The number of amides is 2. The highest BCUT2D eigenvalue weighted by molar-refractivity contribution is 5.89. The Balaban J connectivity index is 1.68. The quantitative estimate of drug-likeness (QED) is 0.730. The van der Waals surface area contributed by atoms with E-state index in [0.29, 0.717) is 17.0 Å². The smallest absolute Gasteiger partial charge is 0.338 e. The number of esters is 1. The van der Waals surface area contributed by atoms with Crippen molar-refractivity contribution in [2.75, 3.05) is 13.1 Å². The van der Waals surface area contributed by atoms with E-state index < -0.39 is 18.0 Å². The molecule has 0 spiro atoms. The van der Waals surface area contributed by atoms with Gasteiger partial charge in [0.2, 0.25) is 11.8 Å². The van der Waals surface area contributed by atoms with E-state index in [2.05, 4.69) is 14.9 Å². The molecule has 0 radical (unpaired) electrons. The Kier molecular flexibility index (Phi) is 5.49. The third kappa shape index (κ3) is 4.49. The van der Waals surface area contributed by atoms with Crippen LogP contribution >= 0.6 is 0 Å². The summed E-state index contributed by atoms with van der Waals surface area (Å²) in [5.74, 6) is -1.57. The van der Waals surface area contributed by atoms with Gasteiger partial charge in [0.1, 0.15) is 17.5 Å². The van der Waals surface area contributed by atoms with Crippen LogP contribution in [0.15, 0.2) is 35.0 Å². The summed E-state index contributed by atoms with van der Waals surface area (Å²) in [4.78, 5) is 37.8. The number of aryl methyl sites for hydroxylation is 1. The molecule has 0 aliphatic carbocycles. The minimum atomic E-state index is -0.606. The molecule has 0 bridgehead atoms. The molecule has 27 heavy (non-hydrogen) atoms. The summed E-state index contributed by atoms with van der Waals surface area (Å²) in [5.41, 5.74) is 6.72. The first kappa shape index (κ1) is 18.6. The van der Waals surface area contributed by atoms with E-state index in [0.717, 1.165) is 0 Å². The van der Waals surface area contributed by atoms with Crippen LogP contribution in [-0.2, 0) is 20.7 Å². The first-order valence-corrected chi connectivity index (χ1v) is 8.54. The van der Waals surface area contributed by atoms with Gasteiger partial charge in [-0.25, -0.2) is 9.42 Å². The number of nitrogens with two attached hydrogens (primary N) is 1. The lowest BCUT2D eigenvalue weighted by Crippen LogP contribution is -2.32. The fraction of sp³-hybridized carbons (Fsp3) is 0.389. The molecule has 1 saturated heterocycles. The Morgan fingerprint density at radius 1 is 1.22 bits per heavy atom. The Labute approximate surface area is 155 Å². The molecule has 1 aliphatic rings. The summed E-state index contributed by atoms with van der Waals surface area (Å²) in [6, 6.07) is 8.54. The molecule has 142 valence electrons. The molecule has 1 fully saturated rings. The Bertz CT molecular complexity index is 835. The second-order valence-electron chi connectivity index (χ2n) is 6.51. The molecule has 1 aliphatic heterocycles. The average Bonchev–Trinajstić information content (AvgIpc) is 3.22. The van der Waals surface area contributed by atoms with Crippen molar-refractivity contribution in [3.8, 4) is 0 Å². The highest BCUT2D eigenvalue weighted by atomic mass is 16.6. The van der Waals surface area contributed by atoms with E-state index in [4.69, 9.17) is 10.5 Å². The zero-order valence-corrected chi connectivity index (χ0v) is 14.8. The molecule has 2 heterocycles. The van der Waals surface area contributed by atoms with Crippen LogP contribution in [0.4, 0.5) is 0 Å². The first-order chi connectivity index (χ1) is 12.9. The maximum atomic E-state index is 12.6. The number of benzene rings is 1. The highest BCUT2D eigenvalue weighted by Gasteiger charge is 2.39. The van der Waals surface area contributed by atoms with Gasteiger partial charge >= 0.3 is 5.97 Å². The molecule has 0 unspecified atom stereocenters. The first-order valence-electron chi connectivity index (χ1n) is 8.54. The number of hydrogen-bond donors (Lipinski definition) is 1. The van der Waals surface area contributed by atoms with Crippen molar-refractivity contribution >= 4 is 17.8 Å². The normalized spacial score (nSPS) is 19.1. The standard InChI is InChI=1S/C18H20N4O5/c1-11-14(21-27-20-11)8-17(24)22-9-13(7-16(19)23)15(10-22)26-18(25)12-5-3-2-4-6-12/h2-6,13,15H,7-10H2,1H3,(H2,19,23)/t13-,15+/m0/s1. The van der Waals surface area contributed by atoms with Crippen LogP contribution in [0.5, 0.6) is 0 Å². The number of aromatic nitrogens is 2. The average molecular weight is 372 g/mol. The molecule has 9 nitrogen and oxygen atoms in total. The van der Waals surface area contributed by atoms with Crippen LogP contribution in [0.1, 0.15) is 28.2 Å². The molecule has 2 atom stereocenters. The van der Waals surface area contributed by atoms with E-state index in [-0.39, 0.29) is 37.8 Å². The van der Waals surface area contributed by atoms with Gasteiger partial charge in [0.15, 0.2) is 0 Å². The van der Waals surface area contributed by atoms with Gasteiger partial charge in [0.25, 0.3) is 0 Å². The summed E-state index contributed by atoms with van der Waals surface area (Å²) in [6.07, 6.45) is -0.551. The van der Waals surface area contributed by atoms with Crippen molar-refractivity contribution in [3.05, 3.63) is 47.3 Å². The SMILES string of the molecule is Cc1nonc1CC(=O)N1C[C@H](CC(N)=O)[C@H](OC(=O)c2ccccc2)C1. The summed E-state index contributed by atoms with van der Waals surface area (Å²) < 4.78 is 10.2. The number of carbonyl (C=O) groups is 3. The van der Waals surface area contributed by atoms with Crippen molar-refractivity contribution in [2.45, 2.75) is 25.9 Å². The van der Waals surface area contributed by atoms with Gasteiger partial charge in [-0.1, -0.05) is 28.5 Å². The third-order valence-corrected chi connectivity index (χ3v) is 4.53. The van der Waals surface area contributed by atoms with Crippen molar-refractivity contribution in [3.63, 3.8) is 0 Å². The molecule has 1 aromatic heterocycles. The molecule has 0 saturated carbocycles. The fourth-order valence-electron chi connectivity index (χ4n) is 3.08. The summed E-state index contributed by atoms with van der Waals surface area (Å²) in [5, 5.41) is 7.36. The summed E-state index contributed by atoms with van der Waals surface area (Å²) in [7, 11) is 0. The number of primary amides is 1. The van der Waals surface area contributed by atoms with Crippen molar-refractivity contribution < 1.29 is 23.7 Å². The monoisotopic (exact) mass is 372 g/mol. The molecular weight excluding hydrogens is 352 g/mol. The predicted octanol–water partition coefficient (Wildman–Crippen LogP) is 0.480. The number of likely N-dealkylation sites (tertiary alicyclic amines) is 1. The number of hydrogen-bond acceptors (Lipinski definition) is 7. The molecule has 9 heteroatoms. The largest absolute Gasteiger partial charge is 0.457 e. The minimum Gasteiger partial charge on any atom is -0.457 e. The molecule has 2 N–H and O–H groups in total. The second-order valence-corrected chi connectivity index (χ2v) is 6.51. The minimum absolute atomic E-state index is 0.0258. The Hall–Kier alpha value is -3.23. The molecule has 2 amide bonds. The van der Waals surface area contributed by atoms with Crippen molar-refractivity contribution in [1.29, 1.82) is 0 Å². The molecule has 3 rings (SSSR count). The predicted molar refractivity (Wildman–Crippen MR) is 92.3 cm³/mol. The zero-order valence-electron chi connectivity index (χ0n) is 14.8. The van der Waals surface area contributed by atoms with Gasteiger partial charge in [-0.2, -0.15) is 0 Å². The number of nitrogens with zero attached hydrogens (tertiary/aromatic N) is 3. The van der Waals surface area contributed by atoms with Crippen LogP contribution in [0.2, 0.25) is 0 Å². The maximum Gasteiger partial charge on any atom is 0.338 e. The van der Waals surface area contributed by atoms with E-state index in [1.165, 1.54) is 0 Å². The third-order valence-electron chi connectivity index (χ3n) is 4.53. The van der Waals surface area contributed by atoms with Crippen LogP contribution in [0, 0.1) is 12.8 Å². The molecular formula is C18H20N4O5.